The summed E-state index contributed by atoms with van der Waals surface area (Å²) >= 11 is 9.51. The van der Waals surface area contributed by atoms with E-state index in [1.807, 2.05) is 23.0 Å². The molecule has 0 spiro atoms. The van der Waals surface area contributed by atoms with E-state index in [2.05, 4.69) is 45.2 Å². The molecule has 0 bridgehead atoms. The number of aromatic nitrogens is 3. The average Bonchev–Trinajstić information content (AvgIpc) is 2.79. The van der Waals surface area contributed by atoms with Gasteiger partial charge in [-0.1, -0.05) is 25.4 Å². The summed E-state index contributed by atoms with van der Waals surface area (Å²) in [7, 11) is 0. The minimum atomic E-state index is 0.000640. The summed E-state index contributed by atoms with van der Waals surface area (Å²) in [6, 6.07) is 3.81. The number of hydrogen-bond acceptors (Lipinski definition) is 3. The quantitative estimate of drug-likeness (QED) is 0.855. The van der Waals surface area contributed by atoms with E-state index < -0.39 is 0 Å². The van der Waals surface area contributed by atoms with E-state index in [9.17, 15) is 0 Å². The van der Waals surface area contributed by atoms with E-state index in [1.54, 1.807) is 6.20 Å². The first-order valence-electron chi connectivity index (χ1n) is 6.73. The lowest BCUT2D eigenvalue weighted by molar-refractivity contribution is 0.513. The lowest BCUT2D eigenvalue weighted by Crippen LogP contribution is -2.26. The van der Waals surface area contributed by atoms with Crippen molar-refractivity contribution in [3.05, 3.63) is 45.4 Å². The van der Waals surface area contributed by atoms with Gasteiger partial charge in [0.2, 0.25) is 0 Å². The molecule has 2 rings (SSSR count). The number of nitrogens with one attached hydrogen (secondary N) is 1. The molecule has 108 valence electrons. The molecule has 6 heteroatoms. The fourth-order valence-corrected chi connectivity index (χ4v) is 2.79. The van der Waals surface area contributed by atoms with Gasteiger partial charge < -0.3 is 5.32 Å². The molecule has 1 N–H and O–H groups in total. The molecule has 0 aliphatic carbocycles. The molecule has 20 heavy (non-hydrogen) atoms. The summed E-state index contributed by atoms with van der Waals surface area (Å²) in [6.07, 6.45) is 4.55. The van der Waals surface area contributed by atoms with Crippen molar-refractivity contribution in [3.8, 4) is 0 Å². The normalized spacial score (nSPS) is 12.6. The van der Waals surface area contributed by atoms with Crippen molar-refractivity contribution in [2.24, 2.45) is 0 Å². The van der Waals surface area contributed by atoms with E-state index >= 15 is 0 Å². The second-order valence-corrected chi connectivity index (χ2v) is 5.78. The maximum atomic E-state index is 5.92. The Hall–Kier alpha value is -0.910. The number of rotatable bonds is 6. The summed E-state index contributed by atoms with van der Waals surface area (Å²) in [6.45, 7) is 5.95. The molecule has 0 fully saturated rings. The third kappa shape index (κ3) is 3.40. The van der Waals surface area contributed by atoms with Crippen molar-refractivity contribution < 1.29 is 0 Å². The lowest BCUT2D eigenvalue weighted by atomic mass is 10.1. The average molecular weight is 358 g/mol. The topological polar surface area (TPSA) is 42.7 Å². The van der Waals surface area contributed by atoms with Crippen LogP contribution in [0.25, 0.3) is 0 Å². The minimum Gasteiger partial charge on any atom is -0.304 e. The van der Waals surface area contributed by atoms with Gasteiger partial charge in [-0.2, -0.15) is 5.10 Å². The Bertz CT molecular complexity index is 553. The number of hydrogen-bond donors (Lipinski definition) is 1. The van der Waals surface area contributed by atoms with Crippen LogP contribution in [0.5, 0.6) is 0 Å². The first kappa shape index (κ1) is 15.5. The molecular formula is C14H18BrClN4. The van der Waals surface area contributed by atoms with Crippen LogP contribution in [0.1, 0.15) is 37.7 Å². The largest absolute Gasteiger partial charge is 0.304 e. The summed E-state index contributed by atoms with van der Waals surface area (Å²) in [4.78, 5) is 4.44. The van der Waals surface area contributed by atoms with Crippen LogP contribution in [0.4, 0.5) is 0 Å². The van der Waals surface area contributed by atoms with Crippen LogP contribution in [0.2, 0.25) is 5.02 Å². The van der Waals surface area contributed by atoms with Gasteiger partial charge in [0.25, 0.3) is 0 Å². The zero-order valence-electron chi connectivity index (χ0n) is 11.6. The Morgan fingerprint density at radius 3 is 2.75 bits per heavy atom. The second-order valence-electron chi connectivity index (χ2n) is 4.49. The van der Waals surface area contributed by atoms with Crippen LogP contribution >= 0.6 is 27.5 Å². The van der Waals surface area contributed by atoms with Gasteiger partial charge >= 0.3 is 0 Å². The molecule has 1 atom stereocenters. The smallest absolute Gasteiger partial charge is 0.0933 e. The highest BCUT2D eigenvalue weighted by Gasteiger charge is 2.22. The molecule has 0 aliphatic heterocycles. The van der Waals surface area contributed by atoms with Crippen LogP contribution in [0.3, 0.4) is 0 Å². The Kier molecular flexibility index (Phi) is 5.57. The molecule has 2 aromatic heterocycles. The van der Waals surface area contributed by atoms with Crippen LogP contribution in [-0.4, -0.2) is 21.3 Å². The van der Waals surface area contributed by atoms with Crippen molar-refractivity contribution in [2.75, 3.05) is 6.54 Å². The summed E-state index contributed by atoms with van der Waals surface area (Å²) in [5, 5.41) is 8.54. The number of halogens is 2. The standard InChI is InChI=1S/C14H18BrClN4/c1-3-7-20-14(11(15)9-19-20)13(17-4-2)12-6-5-10(16)8-18-12/h5-6,8-9,13,17H,3-4,7H2,1-2H3. The molecule has 0 saturated carbocycles. The summed E-state index contributed by atoms with van der Waals surface area (Å²) < 4.78 is 3.02. The van der Waals surface area contributed by atoms with Crippen molar-refractivity contribution in [3.63, 3.8) is 0 Å². The highest BCUT2D eigenvalue weighted by Crippen LogP contribution is 2.28. The van der Waals surface area contributed by atoms with E-state index in [1.165, 1.54) is 0 Å². The molecule has 4 nitrogen and oxygen atoms in total. The third-order valence-corrected chi connectivity index (χ3v) is 3.83. The van der Waals surface area contributed by atoms with Gasteiger partial charge in [0.15, 0.2) is 0 Å². The minimum absolute atomic E-state index is 0.000640. The molecular weight excluding hydrogens is 340 g/mol. The Morgan fingerprint density at radius 2 is 2.15 bits per heavy atom. The van der Waals surface area contributed by atoms with Crippen LogP contribution in [0, 0.1) is 0 Å². The Morgan fingerprint density at radius 1 is 1.35 bits per heavy atom. The molecule has 0 radical (unpaired) electrons. The first-order valence-corrected chi connectivity index (χ1v) is 7.90. The van der Waals surface area contributed by atoms with Crippen molar-refractivity contribution in [1.82, 2.24) is 20.1 Å². The van der Waals surface area contributed by atoms with Gasteiger partial charge in [0.1, 0.15) is 0 Å². The van der Waals surface area contributed by atoms with Gasteiger partial charge in [-0.05, 0) is 41.0 Å². The number of aryl methyl sites for hydroxylation is 1. The summed E-state index contributed by atoms with van der Waals surface area (Å²) in [5.74, 6) is 0. The Labute approximate surface area is 132 Å². The predicted molar refractivity (Wildman–Crippen MR) is 85.0 cm³/mol. The fraction of sp³-hybridized carbons (Fsp3) is 0.429. The van der Waals surface area contributed by atoms with Crippen molar-refractivity contribution >= 4 is 27.5 Å². The number of nitrogens with zero attached hydrogens (tertiary/aromatic N) is 3. The summed E-state index contributed by atoms with van der Waals surface area (Å²) in [5.41, 5.74) is 2.04. The molecule has 0 amide bonds. The maximum Gasteiger partial charge on any atom is 0.0933 e. The van der Waals surface area contributed by atoms with Gasteiger partial charge in [-0.15, -0.1) is 0 Å². The molecule has 0 aromatic carbocycles. The molecule has 1 unspecified atom stereocenters. The SMILES string of the molecule is CCCn1ncc(Br)c1C(NCC)c1ccc(Cl)cn1. The number of pyridine rings is 1. The Balaban J connectivity index is 2.42. The van der Waals surface area contributed by atoms with E-state index in [4.69, 9.17) is 11.6 Å². The van der Waals surface area contributed by atoms with Gasteiger partial charge in [0, 0.05) is 12.7 Å². The molecule has 2 heterocycles. The molecule has 0 aliphatic rings. The zero-order chi connectivity index (χ0) is 14.5. The molecule has 0 saturated heterocycles. The first-order chi connectivity index (χ1) is 9.67. The van der Waals surface area contributed by atoms with Crippen LogP contribution in [0.15, 0.2) is 29.0 Å². The van der Waals surface area contributed by atoms with Gasteiger partial charge in [-0.25, -0.2) is 0 Å². The van der Waals surface area contributed by atoms with Crippen LogP contribution in [-0.2, 0) is 6.54 Å². The van der Waals surface area contributed by atoms with Crippen molar-refractivity contribution in [1.29, 1.82) is 0 Å². The highest BCUT2D eigenvalue weighted by atomic mass is 79.9. The van der Waals surface area contributed by atoms with Gasteiger partial charge in [0.05, 0.1) is 33.1 Å². The zero-order valence-corrected chi connectivity index (χ0v) is 13.9. The molecule has 2 aromatic rings. The second kappa shape index (κ2) is 7.20. The van der Waals surface area contributed by atoms with Crippen molar-refractivity contribution in [2.45, 2.75) is 32.9 Å². The fourth-order valence-electron chi connectivity index (χ4n) is 2.15. The monoisotopic (exact) mass is 356 g/mol. The van der Waals surface area contributed by atoms with Crippen LogP contribution < -0.4 is 5.32 Å². The third-order valence-electron chi connectivity index (χ3n) is 3.00. The van der Waals surface area contributed by atoms with E-state index in [0.717, 1.165) is 35.4 Å². The predicted octanol–water partition coefficient (Wildman–Crippen LogP) is 3.80. The van der Waals surface area contributed by atoms with E-state index in [0.29, 0.717) is 5.02 Å². The highest BCUT2D eigenvalue weighted by molar-refractivity contribution is 9.10. The van der Waals surface area contributed by atoms with E-state index in [-0.39, 0.29) is 6.04 Å². The lowest BCUT2D eigenvalue weighted by Gasteiger charge is -2.19. The maximum absolute atomic E-state index is 5.92. The van der Waals surface area contributed by atoms with Gasteiger partial charge in [-0.3, -0.25) is 9.67 Å².